The highest BCUT2D eigenvalue weighted by molar-refractivity contribution is 7.15. The number of anilines is 1. The third kappa shape index (κ3) is 3.46. The van der Waals surface area contributed by atoms with Crippen molar-refractivity contribution in [2.75, 3.05) is 5.73 Å². The summed E-state index contributed by atoms with van der Waals surface area (Å²) in [6, 6.07) is 0. The molecule has 16 heavy (non-hydrogen) atoms. The van der Waals surface area contributed by atoms with Crippen LogP contribution in [-0.4, -0.2) is 10.1 Å². The molecule has 1 aromatic heterocycles. The lowest BCUT2D eigenvalue weighted by Crippen LogP contribution is -2.28. The maximum atomic E-state index is 10.8. The van der Waals surface area contributed by atoms with Gasteiger partial charge in [0.1, 0.15) is 5.60 Å². The van der Waals surface area contributed by atoms with Crippen molar-refractivity contribution < 1.29 is 5.11 Å². The Kier molecular flexibility index (Phi) is 4.33. The second kappa shape index (κ2) is 5.15. The van der Waals surface area contributed by atoms with Crippen LogP contribution in [0.4, 0.5) is 5.13 Å². The summed E-state index contributed by atoms with van der Waals surface area (Å²) in [4.78, 5) is 4.93. The fourth-order valence-corrected chi connectivity index (χ4v) is 2.93. The summed E-state index contributed by atoms with van der Waals surface area (Å²) < 4.78 is 0. The van der Waals surface area contributed by atoms with E-state index in [9.17, 15) is 5.11 Å². The van der Waals surface area contributed by atoms with Crippen LogP contribution < -0.4 is 5.73 Å². The van der Waals surface area contributed by atoms with E-state index in [1.54, 1.807) is 6.20 Å². The zero-order valence-electron chi connectivity index (χ0n) is 10.5. The Labute approximate surface area is 102 Å². The molecule has 0 saturated heterocycles. The lowest BCUT2D eigenvalue weighted by molar-refractivity contribution is -0.00125. The standard InChI is InChI=1S/C12H22N2OS/c1-8(2)5-12(15,6-9(3)4)10-7-14-11(13)16-10/h7-9,15H,5-6H2,1-4H3,(H2,13,14). The first-order valence-corrected chi connectivity index (χ1v) is 6.59. The zero-order valence-corrected chi connectivity index (χ0v) is 11.3. The third-order valence-electron chi connectivity index (χ3n) is 2.47. The number of aliphatic hydroxyl groups is 1. The summed E-state index contributed by atoms with van der Waals surface area (Å²) >= 11 is 1.40. The van der Waals surface area contributed by atoms with E-state index in [-0.39, 0.29) is 0 Å². The molecule has 0 amide bonds. The van der Waals surface area contributed by atoms with Crippen LogP contribution >= 0.6 is 11.3 Å². The molecule has 92 valence electrons. The highest BCUT2D eigenvalue weighted by atomic mass is 32.1. The largest absolute Gasteiger partial charge is 0.384 e. The molecule has 0 aliphatic rings. The maximum absolute atomic E-state index is 10.8. The molecule has 1 rings (SSSR count). The molecule has 0 bridgehead atoms. The topological polar surface area (TPSA) is 59.1 Å². The minimum atomic E-state index is -0.766. The summed E-state index contributed by atoms with van der Waals surface area (Å²) in [5.41, 5.74) is 4.87. The number of hydrogen-bond donors (Lipinski definition) is 2. The second-order valence-corrected chi connectivity index (χ2v) is 6.35. The first-order chi connectivity index (χ1) is 7.33. The normalized spacial score (nSPS) is 12.7. The van der Waals surface area contributed by atoms with Gasteiger partial charge in [0, 0.05) is 6.20 Å². The Morgan fingerprint density at radius 1 is 1.31 bits per heavy atom. The number of rotatable bonds is 5. The van der Waals surface area contributed by atoms with Crippen molar-refractivity contribution in [3.05, 3.63) is 11.1 Å². The maximum Gasteiger partial charge on any atom is 0.180 e. The van der Waals surface area contributed by atoms with E-state index >= 15 is 0 Å². The molecule has 0 spiro atoms. The van der Waals surface area contributed by atoms with Crippen LogP contribution in [-0.2, 0) is 5.60 Å². The molecule has 0 unspecified atom stereocenters. The number of hydrogen-bond acceptors (Lipinski definition) is 4. The lowest BCUT2D eigenvalue weighted by Gasteiger charge is -2.30. The SMILES string of the molecule is CC(C)CC(O)(CC(C)C)c1cnc(N)s1. The lowest BCUT2D eigenvalue weighted by atomic mass is 9.84. The van der Waals surface area contributed by atoms with Gasteiger partial charge in [-0.25, -0.2) is 4.98 Å². The predicted molar refractivity (Wildman–Crippen MR) is 69.3 cm³/mol. The summed E-state index contributed by atoms with van der Waals surface area (Å²) in [7, 11) is 0. The molecule has 0 saturated carbocycles. The Morgan fingerprint density at radius 2 is 1.81 bits per heavy atom. The average molecular weight is 242 g/mol. The molecule has 3 nitrogen and oxygen atoms in total. The van der Waals surface area contributed by atoms with Crippen molar-refractivity contribution in [1.82, 2.24) is 4.98 Å². The monoisotopic (exact) mass is 242 g/mol. The number of nitrogens with two attached hydrogens (primary N) is 1. The van der Waals surface area contributed by atoms with Crippen LogP contribution in [0.3, 0.4) is 0 Å². The van der Waals surface area contributed by atoms with Crippen molar-refractivity contribution in [3.8, 4) is 0 Å². The molecular formula is C12H22N2OS. The molecule has 0 aliphatic carbocycles. The highest BCUT2D eigenvalue weighted by Crippen LogP contribution is 2.38. The van der Waals surface area contributed by atoms with Gasteiger partial charge in [0.25, 0.3) is 0 Å². The first-order valence-electron chi connectivity index (χ1n) is 5.77. The van der Waals surface area contributed by atoms with E-state index in [2.05, 4.69) is 32.7 Å². The molecule has 0 aliphatic heterocycles. The number of nitrogens with zero attached hydrogens (tertiary/aromatic N) is 1. The summed E-state index contributed by atoms with van der Waals surface area (Å²) in [6.45, 7) is 8.48. The third-order valence-corrected chi connectivity index (χ3v) is 3.49. The van der Waals surface area contributed by atoms with E-state index in [1.165, 1.54) is 11.3 Å². The number of thiazole rings is 1. The fourth-order valence-electron chi connectivity index (χ4n) is 2.14. The van der Waals surface area contributed by atoms with Gasteiger partial charge in [-0.3, -0.25) is 0 Å². The minimum Gasteiger partial charge on any atom is -0.384 e. The minimum absolute atomic E-state index is 0.451. The molecule has 1 aromatic rings. The Balaban J connectivity index is 2.94. The number of aromatic nitrogens is 1. The van der Waals surface area contributed by atoms with E-state index in [0.29, 0.717) is 17.0 Å². The van der Waals surface area contributed by atoms with E-state index in [4.69, 9.17) is 5.73 Å². The molecule has 0 atom stereocenters. The molecule has 0 fully saturated rings. The van der Waals surface area contributed by atoms with Gasteiger partial charge in [-0.2, -0.15) is 0 Å². The second-order valence-electron chi connectivity index (χ2n) is 5.29. The fraction of sp³-hybridized carbons (Fsp3) is 0.750. The van der Waals surface area contributed by atoms with Crippen molar-refractivity contribution in [1.29, 1.82) is 0 Å². The first kappa shape index (κ1) is 13.5. The van der Waals surface area contributed by atoms with Crippen LogP contribution in [0.25, 0.3) is 0 Å². The van der Waals surface area contributed by atoms with Gasteiger partial charge in [-0.05, 0) is 24.7 Å². The van der Waals surface area contributed by atoms with Crippen molar-refractivity contribution in [2.45, 2.75) is 46.1 Å². The van der Waals surface area contributed by atoms with Crippen molar-refractivity contribution in [2.24, 2.45) is 11.8 Å². The van der Waals surface area contributed by atoms with Gasteiger partial charge in [0.15, 0.2) is 5.13 Å². The van der Waals surface area contributed by atoms with Crippen molar-refractivity contribution in [3.63, 3.8) is 0 Å². The predicted octanol–water partition coefficient (Wildman–Crippen LogP) is 3.01. The van der Waals surface area contributed by atoms with Crippen LogP contribution in [0.15, 0.2) is 6.20 Å². The average Bonchev–Trinajstić information content (AvgIpc) is 2.48. The van der Waals surface area contributed by atoms with Crippen LogP contribution in [0.5, 0.6) is 0 Å². The van der Waals surface area contributed by atoms with Gasteiger partial charge < -0.3 is 10.8 Å². The Bertz CT molecular complexity index is 324. The van der Waals surface area contributed by atoms with Crippen molar-refractivity contribution >= 4 is 16.5 Å². The molecule has 3 N–H and O–H groups in total. The molecule has 4 heteroatoms. The summed E-state index contributed by atoms with van der Waals surface area (Å²) in [5, 5.41) is 11.3. The van der Waals surface area contributed by atoms with Crippen LogP contribution in [0.2, 0.25) is 0 Å². The number of nitrogen functional groups attached to an aromatic ring is 1. The summed E-state index contributed by atoms with van der Waals surface area (Å²) in [5.74, 6) is 0.902. The van der Waals surface area contributed by atoms with Gasteiger partial charge in [-0.1, -0.05) is 39.0 Å². The molecular weight excluding hydrogens is 220 g/mol. The van der Waals surface area contributed by atoms with Gasteiger partial charge in [-0.15, -0.1) is 0 Å². The Hall–Kier alpha value is -0.610. The van der Waals surface area contributed by atoms with Gasteiger partial charge >= 0.3 is 0 Å². The van der Waals surface area contributed by atoms with E-state index < -0.39 is 5.60 Å². The van der Waals surface area contributed by atoms with Gasteiger partial charge in [0.2, 0.25) is 0 Å². The summed E-state index contributed by atoms with van der Waals surface area (Å²) in [6.07, 6.45) is 3.23. The quantitative estimate of drug-likeness (QED) is 0.834. The molecule has 1 heterocycles. The van der Waals surface area contributed by atoms with Gasteiger partial charge in [0.05, 0.1) is 4.88 Å². The van der Waals surface area contributed by atoms with Crippen LogP contribution in [0.1, 0.15) is 45.4 Å². The van der Waals surface area contributed by atoms with E-state index in [1.807, 2.05) is 0 Å². The Morgan fingerprint density at radius 3 is 2.12 bits per heavy atom. The molecule has 0 radical (unpaired) electrons. The zero-order chi connectivity index (χ0) is 12.3. The van der Waals surface area contributed by atoms with Crippen LogP contribution in [0, 0.1) is 11.8 Å². The van der Waals surface area contributed by atoms with E-state index in [0.717, 1.165) is 17.7 Å². The molecule has 0 aromatic carbocycles. The smallest absolute Gasteiger partial charge is 0.180 e. The highest BCUT2D eigenvalue weighted by Gasteiger charge is 2.33.